The van der Waals surface area contributed by atoms with Gasteiger partial charge in [0.05, 0.1) is 0 Å². The lowest BCUT2D eigenvalue weighted by Gasteiger charge is -2.18. The van der Waals surface area contributed by atoms with Crippen LogP contribution in [0.15, 0.2) is 42.6 Å². The van der Waals surface area contributed by atoms with Crippen LogP contribution in [-0.2, 0) is 13.1 Å². The first-order chi connectivity index (χ1) is 10.6. The van der Waals surface area contributed by atoms with Crippen LogP contribution in [0.1, 0.15) is 25.0 Å². The summed E-state index contributed by atoms with van der Waals surface area (Å²) >= 11 is 0. The van der Waals surface area contributed by atoms with E-state index in [0.29, 0.717) is 11.9 Å². The van der Waals surface area contributed by atoms with E-state index in [1.807, 2.05) is 18.2 Å². The van der Waals surface area contributed by atoms with Crippen LogP contribution in [-0.4, -0.2) is 22.0 Å². The molecule has 0 radical (unpaired) electrons. The minimum absolute atomic E-state index is 0.280. The van der Waals surface area contributed by atoms with Crippen molar-refractivity contribution in [1.29, 1.82) is 0 Å². The summed E-state index contributed by atoms with van der Waals surface area (Å²) in [4.78, 5) is 18.5. The van der Waals surface area contributed by atoms with Gasteiger partial charge in [-0.25, -0.2) is 9.78 Å². The SMILES string of the molecule is CC(C)N1Cc2ccc(NC(=O)Nc3ccccn3)cc2C1. The maximum absolute atomic E-state index is 12.0. The first-order valence-corrected chi connectivity index (χ1v) is 7.47. The molecule has 2 heterocycles. The number of carbonyl (C=O) groups is 1. The van der Waals surface area contributed by atoms with E-state index in [-0.39, 0.29) is 6.03 Å². The monoisotopic (exact) mass is 296 g/mol. The molecule has 2 N–H and O–H groups in total. The Morgan fingerprint density at radius 2 is 1.95 bits per heavy atom. The average molecular weight is 296 g/mol. The van der Waals surface area contributed by atoms with E-state index >= 15 is 0 Å². The zero-order valence-corrected chi connectivity index (χ0v) is 12.8. The molecule has 2 amide bonds. The smallest absolute Gasteiger partial charge is 0.308 e. The maximum Gasteiger partial charge on any atom is 0.324 e. The normalized spacial score (nSPS) is 14.0. The van der Waals surface area contributed by atoms with Crippen molar-refractivity contribution in [3.05, 3.63) is 53.7 Å². The molecule has 0 saturated carbocycles. The molecule has 1 aliphatic heterocycles. The number of hydrogen-bond acceptors (Lipinski definition) is 3. The largest absolute Gasteiger partial charge is 0.324 e. The molecule has 1 aliphatic rings. The van der Waals surface area contributed by atoms with E-state index in [1.54, 1.807) is 12.3 Å². The first-order valence-electron chi connectivity index (χ1n) is 7.47. The quantitative estimate of drug-likeness (QED) is 0.912. The summed E-state index contributed by atoms with van der Waals surface area (Å²) in [6.07, 6.45) is 1.64. The highest BCUT2D eigenvalue weighted by molar-refractivity contribution is 5.99. The Morgan fingerprint density at radius 3 is 2.68 bits per heavy atom. The molecular weight excluding hydrogens is 276 g/mol. The number of rotatable bonds is 3. The lowest BCUT2D eigenvalue weighted by Crippen LogP contribution is -2.24. The van der Waals surface area contributed by atoms with E-state index in [1.165, 1.54) is 11.1 Å². The van der Waals surface area contributed by atoms with Crippen molar-refractivity contribution >= 4 is 17.5 Å². The number of urea groups is 1. The second kappa shape index (κ2) is 6.15. The van der Waals surface area contributed by atoms with Crippen LogP contribution in [0.25, 0.3) is 0 Å². The summed E-state index contributed by atoms with van der Waals surface area (Å²) < 4.78 is 0. The predicted molar refractivity (Wildman–Crippen MR) is 87.7 cm³/mol. The molecule has 1 aromatic heterocycles. The van der Waals surface area contributed by atoms with Gasteiger partial charge < -0.3 is 5.32 Å². The fraction of sp³-hybridized carbons (Fsp3) is 0.294. The lowest BCUT2D eigenvalue weighted by molar-refractivity contribution is 0.227. The summed E-state index contributed by atoms with van der Waals surface area (Å²) in [5, 5.41) is 5.57. The minimum Gasteiger partial charge on any atom is -0.308 e. The van der Waals surface area contributed by atoms with Crippen molar-refractivity contribution in [2.45, 2.75) is 33.0 Å². The molecule has 0 saturated heterocycles. The van der Waals surface area contributed by atoms with Crippen LogP contribution in [0.2, 0.25) is 0 Å². The Labute approximate surface area is 130 Å². The van der Waals surface area contributed by atoms with Crippen LogP contribution < -0.4 is 10.6 Å². The molecule has 0 bridgehead atoms. The number of hydrogen-bond donors (Lipinski definition) is 2. The Kier molecular flexibility index (Phi) is 4.06. The van der Waals surface area contributed by atoms with Gasteiger partial charge >= 0.3 is 6.03 Å². The van der Waals surface area contributed by atoms with Crippen molar-refractivity contribution in [1.82, 2.24) is 9.88 Å². The standard InChI is InChI=1S/C17H20N4O/c1-12(2)21-10-13-6-7-15(9-14(13)11-21)19-17(22)20-16-5-3-4-8-18-16/h3-9,12H,10-11H2,1-2H3,(H2,18,19,20,22). The number of benzene rings is 1. The summed E-state index contributed by atoms with van der Waals surface area (Å²) in [6, 6.07) is 11.7. The van der Waals surface area contributed by atoms with Crippen molar-refractivity contribution in [2.24, 2.45) is 0 Å². The number of nitrogens with zero attached hydrogens (tertiary/aromatic N) is 2. The highest BCUT2D eigenvalue weighted by Crippen LogP contribution is 2.27. The van der Waals surface area contributed by atoms with Crippen LogP contribution in [0.4, 0.5) is 16.3 Å². The number of fused-ring (bicyclic) bond motifs is 1. The van der Waals surface area contributed by atoms with Crippen LogP contribution >= 0.6 is 0 Å². The number of carbonyl (C=O) groups excluding carboxylic acids is 1. The molecule has 114 valence electrons. The first kappa shape index (κ1) is 14.5. The molecule has 0 spiro atoms. The molecule has 0 aliphatic carbocycles. The van der Waals surface area contributed by atoms with Crippen LogP contribution in [0, 0.1) is 0 Å². The van der Waals surface area contributed by atoms with E-state index in [0.717, 1.165) is 18.8 Å². The second-order valence-corrected chi connectivity index (χ2v) is 5.78. The third-order valence-corrected chi connectivity index (χ3v) is 3.85. The molecule has 22 heavy (non-hydrogen) atoms. The molecule has 3 rings (SSSR count). The number of pyridine rings is 1. The van der Waals surface area contributed by atoms with Gasteiger partial charge in [-0.05, 0) is 49.2 Å². The Morgan fingerprint density at radius 1 is 1.14 bits per heavy atom. The summed E-state index contributed by atoms with van der Waals surface area (Å²) in [5.41, 5.74) is 3.42. The van der Waals surface area contributed by atoms with Gasteiger partial charge in [0.1, 0.15) is 5.82 Å². The minimum atomic E-state index is -0.280. The highest BCUT2D eigenvalue weighted by Gasteiger charge is 2.21. The number of amides is 2. The molecule has 2 aromatic rings. The van der Waals surface area contributed by atoms with Crippen molar-refractivity contribution < 1.29 is 4.79 Å². The topological polar surface area (TPSA) is 57.3 Å². The van der Waals surface area contributed by atoms with E-state index < -0.39 is 0 Å². The highest BCUT2D eigenvalue weighted by atomic mass is 16.2. The van der Waals surface area contributed by atoms with Gasteiger partial charge in [-0.2, -0.15) is 0 Å². The molecular formula is C17H20N4O. The average Bonchev–Trinajstić information content (AvgIpc) is 2.91. The summed E-state index contributed by atoms with van der Waals surface area (Å²) in [6.45, 7) is 6.31. The van der Waals surface area contributed by atoms with Crippen molar-refractivity contribution in [3.8, 4) is 0 Å². The van der Waals surface area contributed by atoms with E-state index in [9.17, 15) is 4.79 Å². The number of anilines is 2. The zero-order valence-electron chi connectivity index (χ0n) is 12.8. The van der Waals surface area contributed by atoms with Gasteiger partial charge in [-0.3, -0.25) is 10.2 Å². The zero-order chi connectivity index (χ0) is 15.5. The summed E-state index contributed by atoms with van der Waals surface area (Å²) in [7, 11) is 0. The molecule has 5 nitrogen and oxygen atoms in total. The molecule has 0 atom stereocenters. The number of nitrogens with one attached hydrogen (secondary N) is 2. The van der Waals surface area contributed by atoms with Gasteiger partial charge in [0.2, 0.25) is 0 Å². The maximum atomic E-state index is 12.0. The van der Waals surface area contributed by atoms with Crippen molar-refractivity contribution in [2.75, 3.05) is 10.6 Å². The lowest BCUT2D eigenvalue weighted by atomic mass is 10.1. The van der Waals surface area contributed by atoms with Gasteiger partial charge in [0, 0.05) is 31.0 Å². The predicted octanol–water partition coefficient (Wildman–Crippen LogP) is 3.45. The fourth-order valence-electron chi connectivity index (χ4n) is 2.58. The third-order valence-electron chi connectivity index (χ3n) is 3.85. The molecule has 5 heteroatoms. The molecule has 0 unspecified atom stereocenters. The van der Waals surface area contributed by atoms with E-state index in [2.05, 4.69) is 46.5 Å². The summed E-state index contributed by atoms with van der Waals surface area (Å²) in [5.74, 6) is 0.534. The Bertz CT molecular complexity index is 670. The third kappa shape index (κ3) is 3.26. The number of aromatic nitrogens is 1. The fourth-order valence-corrected chi connectivity index (χ4v) is 2.58. The van der Waals surface area contributed by atoms with Crippen molar-refractivity contribution in [3.63, 3.8) is 0 Å². The molecule has 1 aromatic carbocycles. The Balaban J connectivity index is 1.65. The van der Waals surface area contributed by atoms with Gasteiger partial charge in [0.25, 0.3) is 0 Å². The second-order valence-electron chi connectivity index (χ2n) is 5.78. The van der Waals surface area contributed by atoms with Crippen LogP contribution in [0.3, 0.4) is 0 Å². The molecule has 0 fully saturated rings. The van der Waals surface area contributed by atoms with E-state index in [4.69, 9.17) is 0 Å². The van der Waals surface area contributed by atoms with Crippen LogP contribution in [0.5, 0.6) is 0 Å². The van der Waals surface area contributed by atoms with Gasteiger partial charge in [-0.15, -0.1) is 0 Å². The van der Waals surface area contributed by atoms with Gasteiger partial charge in [-0.1, -0.05) is 12.1 Å². The van der Waals surface area contributed by atoms with Gasteiger partial charge in [0.15, 0.2) is 0 Å². The Hall–Kier alpha value is -2.40.